The van der Waals surface area contributed by atoms with Gasteiger partial charge in [-0.3, -0.25) is 0 Å². The molecule has 8 aromatic rings. The summed E-state index contributed by atoms with van der Waals surface area (Å²) in [5.74, 6) is 0.835. The van der Waals surface area contributed by atoms with Gasteiger partial charge < -0.3 is 9.32 Å². The highest BCUT2D eigenvalue weighted by molar-refractivity contribution is 5.96. The third-order valence-electron chi connectivity index (χ3n) is 8.46. The zero-order valence-electron chi connectivity index (χ0n) is 25.3. The van der Waals surface area contributed by atoms with Gasteiger partial charge in [0.1, 0.15) is 11.3 Å². The zero-order chi connectivity index (χ0) is 30.7. The average Bonchev–Trinajstić information content (AvgIpc) is 3.58. The standard InChI is InChI=1S/C44H31NO/c1-4-16-32(17-5-1)36-28-37(33-18-6-2-7-19-33)30-38(29-36)45(41-25-13-11-23-39(41)34-20-8-3-9-21-34)42-26-14-12-24-40(42)44-31-35-22-10-15-27-43(35)46-44/h1-31H. The van der Waals surface area contributed by atoms with Gasteiger partial charge >= 0.3 is 0 Å². The quantitative estimate of drug-likeness (QED) is 0.184. The molecule has 0 radical (unpaired) electrons. The van der Waals surface area contributed by atoms with Crippen LogP contribution < -0.4 is 4.90 Å². The van der Waals surface area contributed by atoms with Crippen molar-refractivity contribution in [1.29, 1.82) is 0 Å². The molecular formula is C44H31NO. The SMILES string of the molecule is c1ccc(-c2cc(-c3ccccc3)cc(N(c3ccccc3-c3ccccc3)c3ccccc3-c3cc4ccccc4o3)c2)cc1. The second-order valence-electron chi connectivity index (χ2n) is 11.4. The molecule has 0 fully saturated rings. The molecule has 0 unspecified atom stereocenters. The van der Waals surface area contributed by atoms with E-state index in [1.54, 1.807) is 0 Å². The van der Waals surface area contributed by atoms with Crippen molar-refractivity contribution < 1.29 is 4.42 Å². The van der Waals surface area contributed by atoms with Gasteiger partial charge in [-0.25, -0.2) is 0 Å². The van der Waals surface area contributed by atoms with Crippen LogP contribution in [-0.2, 0) is 0 Å². The van der Waals surface area contributed by atoms with Crippen LogP contribution in [0.1, 0.15) is 0 Å². The van der Waals surface area contributed by atoms with Gasteiger partial charge in [-0.15, -0.1) is 0 Å². The summed E-state index contributed by atoms with van der Waals surface area (Å²) < 4.78 is 6.49. The first kappa shape index (κ1) is 27.4. The Morgan fingerprint density at radius 1 is 0.348 bits per heavy atom. The molecule has 2 heteroatoms. The maximum atomic E-state index is 6.49. The first-order chi connectivity index (χ1) is 22.8. The molecule has 8 rings (SSSR count). The van der Waals surface area contributed by atoms with Crippen LogP contribution in [0.4, 0.5) is 17.1 Å². The van der Waals surface area contributed by atoms with Gasteiger partial charge in [0, 0.05) is 22.2 Å². The molecule has 0 atom stereocenters. The summed E-state index contributed by atoms with van der Waals surface area (Å²) >= 11 is 0. The third kappa shape index (κ3) is 5.27. The van der Waals surface area contributed by atoms with Crippen LogP contribution in [0.15, 0.2) is 192 Å². The van der Waals surface area contributed by atoms with Crippen molar-refractivity contribution in [2.45, 2.75) is 0 Å². The molecule has 0 bridgehead atoms. The van der Waals surface area contributed by atoms with Crippen LogP contribution in [0.25, 0.3) is 55.7 Å². The van der Waals surface area contributed by atoms with Crippen molar-refractivity contribution in [1.82, 2.24) is 0 Å². The molecule has 2 nitrogen and oxygen atoms in total. The topological polar surface area (TPSA) is 16.4 Å². The van der Waals surface area contributed by atoms with E-state index >= 15 is 0 Å². The summed E-state index contributed by atoms with van der Waals surface area (Å²) in [6.07, 6.45) is 0. The van der Waals surface area contributed by atoms with Crippen LogP contribution >= 0.6 is 0 Å². The number of hydrogen-bond donors (Lipinski definition) is 0. The second kappa shape index (κ2) is 12.1. The highest BCUT2D eigenvalue weighted by Crippen LogP contribution is 2.47. The normalized spacial score (nSPS) is 11.0. The summed E-state index contributed by atoms with van der Waals surface area (Å²) in [5, 5.41) is 1.08. The van der Waals surface area contributed by atoms with Crippen LogP contribution in [-0.4, -0.2) is 0 Å². The van der Waals surface area contributed by atoms with Gasteiger partial charge in [0.05, 0.1) is 11.4 Å². The Morgan fingerprint density at radius 3 is 1.43 bits per heavy atom. The van der Waals surface area contributed by atoms with E-state index in [-0.39, 0.29) is 0 Å². The van der Waals surface area contributed by atoms with E-state index in [1.165, 1.54) is 11.1 Å². The number of anilines is 3. The van der Waals surface area contributed by atoms with E-state index in [0.29, 0.717) is 0 Å². The van der Waals surface area contributed by atoms with E-state index in [9.17, 15) is 0 Å². The second-order valence-corrected chi connectivity index (χ2v) is 11.4. The molecule has 0 aliphatic rings. The molecule has 0 amide bonds. The predicted octanol–water partition coefficient (Wildman–Crippen LogP) is 12.6. The molecule has 1 aromatic heterocycles. The maximum absolute atomic E-state index is 6.49. The van der Waals surface area contributed by atoms with Gasteiger partial charge in [0.2, 0.25) is 0 Å². The Labute approximate surface area is 269 Å². The number of furan rings is 1. The molecule has 46 heavy (non-hydrogen) atoms. The smallest absolute Gasteiger partial charge is 0.137 e. The number of benzene rings is 7. The van der Waals surface area contributed by atoms with Crippen LogP contribution in [0, 0.1) is 0 Å². The maximum Gasteiger partial charge on any atom is 0.137 e. The van der Waals surface area contributed by atoms with Crippen LogP contribution in [0.3, 0.4) is 0 Å². The average molecular weight is 590 g/mol. The Balaban J connectivity index is 1.42. The summed E-state index contributed by atoms with van der Waals surface area (Å²) in [4.78, 5) is 2.39. The summed E-state index contributed by atoms with van der Waals surface area (Å²) in [6, 6.07) is 66.3. The zero-order valence-corrected chi connectivity index (χ0v) is 25.3. The lowest BCUT2D eigenvalue weighted by molar-refractivity contribution is 0.631. The molecule has 7 aromatic carbocycles. The predicted molar refractivity (Wildman–Crippen MR) is 193 cm³/mol. The highest BCUT2D eigenvalue weighted by atomic mass is 16.3. The molecular weight excluding hydrogens is 558 g/mol. The lowest BCUT2D eigenvalue weighted by Crippen LogP contribution is -2.12. The Kier molecular flexibility index (Phi) is 7.22. The number of nitrogens with zero attached hydrogens (tertiary/aromatic N) is 1. The molecule has 0 aliphatic carbocycles. The first-order valence-corrected chi connectivity index (χ1v) is 15.6. The van der Waals surface area contributed by atoms with Gasteiger partial charge in [-0.2, -0.15) is 0 Å². The van der Waals surface area contributed by atoms with Crippen LogP contribution in [0.2, 0.25) is 0 Å². The van der Waals surface area contributed by atoms with Crippen molar-refractivity contribution in [3.63, 3.8) is 0 Å². The van der Waals surface area contributed by atoms with E-state index in [4.69, 9.17) is 4.42 Å². The van der Waals surface area contributed by atoms with Gasteiger partial charge in [0.15, 0.2) is 0 Å². The third-order valence-corrected chi connectivity index (χ3v) is 8.46. The van der Waals surface area contributed by atoms with Gasteiger partial charge in [-0.1, -0.05) is 140 Å². The van der Waals surface area contributed by atoms with Crippen molar-refractivity contribution in [2.75, 3.05) is 4.90 Å². The molecule has 1 heterocycles. The number of para-hydroxylation sites is 3. The Morgan fingerprint density at radius 2 is 0.826 bits per heavy atom. The lowest BCUT2D eigenvalue weighted by atomic mass is 9.96. The van der Waals surface area contributed by atoms with Crippen molar-refractivity contribution in [2.24, 2.45) is 0 Å². The van der Waals surface area contributed by atoms with E-state index in [0.717, 1.165) is 61.6 Å². The van der Waals surface area contributed by atoms with Crippen LogP contribution in [0.5, 0.6) is 0 Å². The molecule has 0 spiro atoms. The fourth-order valence-corrected chi connectivity index (χ4v) is 6.26. The molecule has 0 N–H and O–H groups in total. The fourth-order valence-electron chi connectivity index (χ4n) is 6.26. The molecule has 0 aliphatic heterocycles. The minimum absolute atomic E-state index is 0.835. The summed E-state index contributed by atoms with van der Waals surface area (Å²) in [5.41, 5.74) is 12.0. The van der Waals surface area contributed by atoms with Crippen molar-refractivity contribution in [3.05, 3.63) is 188 Å². The fraction of sp³-hybridized carbons (Fsp3) is 0. The highest BCUT2D eigenvalue weighted by Gasteiger charge is 2.23. The van der Waals surface area contributed by atoms with Crippen molar-refractivity contribution >= 4 is 28.0 Å². The first-order valence-electron chi connectivity index (χ1n) is 15.6. The number of fused-ring (bicyclic) bond motifs is 1. The van der Waals surface area contributed by atoms with E-state index < -0.39 is 0 Å². The van der Waals surface area contributed by atoms with Crippen molar-refractivity contribution in [3.8, 4) is 44.7 Å². The van der Waals surface area contributed by atoms with Gasteiger partial charge in [0.25, 0.3) is 0 Å². The van der Waals surface area contributed by atoms with Gasteiger partial charge in [-0.05, 0) is 76.3 Å². The Hall–Kier alpha value is -6.12. The molecule has 218 valence electrons. The number of hydrogen-bond acceptors (Lipinski definition) is 2. The van der Waals surface area contributed by atoms with E-state index in [2.05, 4.69) is 181 Å². The minimum atomic E-state index is 0.835. The molecule has 0 saturated heterocycles. The monoisotopic (exact) mass is 589 g/mol. The molecule has 0 saturated carbocycles. The largest absolute Gasteiger partial charge is 0.456 e. The Bertz CT molecular complexity index is 2160. The lowest BCUT2D eigenvalue weighted by Gasteiger charge is -2.30. The number of rotatable bonds is 7. The minimum Gasteiger partial charge on any atom is -0.456 e. The van der Waals surface area contributed by atoms with E-state index in [1.807, 2.05) is 12.1 Å². The summed E-state index contributed by atoms with van der Waals surface area (Å²) in [6.45, 7) is 0. The summed E-state index contributed by atoms with van der Waals surface area (Å²) in [7, 11) is 0.